The molecule has 2 N–H and O–H groups in total. The summed E-state index contributed by atoms with van der Waals surface area (Å²) in [5.41, 5.74) is 1.82. The maximum absolute atomic E-state index is 12.6. The third kappa shape index (κ3) is 5.55. The Bertz CT molecular complexity index is 991. The maximum Gasteiger partial charge on any atom is 0.309 e. The van der Waals surface area contributed by atoms with Gasteiger partial charge in [0.15, 0.2) is 11.5 Å². The molecule has 33 heavy (non-hydrogen) atoms. The number of carbonyl (C=O) groups excluding carboxylic acids is 2. The summed E-state index contributed by atoms with van der Waals surface area (Å²) in [6.07, 6.45) is 0. The smallest absolute Gasteiger partial charge is 0.309 e. The highest BCUT2D eigenvalue weighted by Gasteiger charge is 2.27. The Kier molecular flexibility index (Phi) is 7.31. The minimum atomic E-state index is -0.677. The van der Waals surface area contributed by atoms with Gasteiger partial charge in [-0.25, -0.2) is 0 Å². The highest BCUT2D eigenvalue weighted by atomic mass is 16.7. The first-order valence-electron chi connectivity index (χ1n) is 11.0. The van der Waals surface area contributed by atoms with E-state index in [1.54, 1.807) is 7.11 Å². The number of fused-ring (bicyclic) bond motifs is 1. The molecule has 0 unspecified atom stereocenters. The molecule has 2 aromatic rings. The van der Waals surface area contributed by atoms with Crippen molar-refractivity contribution in [3.63, 3.8) is 0 Å². The molecule has 2 amide bonds. The Morgan fingerprint density at radius 1 is 1.00 bits per heavy atom. The molecule has 0 bridgehead atoms. The summed E-state index contributed by atoms with van der Waals surface area (Å²) in [5, 5.41) is 5.48. The molecule has 2 heterocycles. The van der Waals surface area contributed by atoms with E-state index in [4.69, 9.17) is 14.2 Å². The molecule has 0 saturated carbocycles. The van der Waals surface area contributed by atoms with Crippen molar-refractivity contribution in [2.24, 2.45) is 0 Å². The number of nitrogens with one attached hydrogen (secondary N) is 2. The number of benzene rings is 2. The van der Waals surface area contributed by atoms with Gasteiger partial charge in [-0.05, 0) is 30.8 Å². The molecule has 9 heteroatoms. The molecule has 0 spiro atoms. The zero-order chi connectivity index (χ0) is 23.2. The fourth-order valence-corrected chi connectivity index (χ4v) is 4.09. The van der Waals surface area contributed by atoms with E-state index in [1.165, 1.54) is 0 Å². The molecular formula is C24H30N4O5. The lowest BCUT2D eigenvalue weighted by Gasteiger charge is -2.38. The van der Waals surface area contributed by atoms with Gasteiger partial charge in [0.2, 0.25) is 6.79 Å². The second-order valence-corrected chi connectivity index (χ2v) is 8.17. The summed E-state index contributed by atoms with van der Waals surface area (Å²) in [5.74, 6) is 0.743. The van der Waals surface area contributed by atoms with Gasteiger partial charge in [-0.3, -0.25) is 14.5 Å². The van der Waals surface area contributed by atoms with Crippen molar-refractivity contribution < 1.29 is 23.8 Å². The Hall–Kier alpha value is -3.30. The van der Waals surface area contributed by atoms with Gasteiger partial charge in [0.05, 0.1) is 13.2 Å². The average molecular weight is 455 g/mol. The number of carbonyl (C=O) groups is 2. The van der Waals surface area contributed by atoms with Crippen LogP contribution in [0.4, 0.5) is 0 Å². The number of amides is 2. The van der Waals surface area contributed by atoms with E-state index in [0.717, 1.165) is 43.1 Å². The van der Waals surface area contributed by atoms with E-state index in [2.05, 4.69) is 27.5 Å². The quantitative estimate of drug-likeness (QED) is 0.607. The molecule has 1 fully saturated rings. The van der Waals surface area contributed by atoms with E-state index < -0.39 is 11.8 Å². The van der Waals surface area contributed by atoms with Gasteiger partial charge in [0.25, 0.3) is 0 Å². The Balaban J connectivity index is 1.39. The highest BCUT2D eigenvalue weighted by molar-refractivity contribution is 6.35. The van der Waals surface area contributed by atoms with Gasteiger partial charge in [0.1, 0.15) is 5.75 Å². The van der Waals surface area contributed by atoms with E-state index >= 15 is 0 Å². The van der Waals surface area contributed by atoms with E-state index in [0.29, 0.717) is 18.0 Å². The summed E-state index contributed by atoms with van der Waals surface area (Å²) in [6.45, 7) is 4.34. The molecule has 0 aliphatic carbocycles. The number of methoxy groups -OCH3 is 1. The molecule has 2 aromatic carbocycles. The minimum absolute atomic E-state index is 0.0841. The first kappa shape index (κ1) is 22.9. The molecule has 2 aliphatic rings. The van der Waals surface area contributed by atoms with Gasteiger partial charge >= 0.3 is 11.8 Å². The Morgan fingerprint density at radius 3 is 2.52 bits per heavy atom. The zero-order valence-electron chi connectivity index (χ0n) is 19.0. The number of piperazine rings is 1. The van der Waals surface area contributed by atoms with Crippen molar-refractivity contribution in [1.29, 1.82) is 0 Å². The van der Waals surface area contributed by atoms with Gasteiger partial charge in [-0.15, -0.1) is 0 Å². The minimum Gasteiger partial charge on any atom is -0.496 e. The highest BCUT2D eigenvalue weighted by Crippen LogP contribution is 2.35. The summed E-state index contributed by atoms with van der Waals surface area (Å²) >= 11 is 0. The molecular weight excluding hydrogens is 424 g/mol. The van der Waals surface area contributed by atoms with Crippen LogP contribution in [0.2, 0.25) is 0 Å². The van der Waals surface area contributed by atoms with E-state index in [1.807, 2.05) is 42.5 Å². The van der Waals surface area contributed by atoms with Crippen LogP contribution in [0, 0.1) is 0 Å². The van der Waals surface area contributed by atoms with Gasteiger partial charge in [0, 0.05) is 44.8 Å². The van der Waals surface area contributed by atoms with E-state index in [-0.39, 0.29) is 19.4 Å². The molecule has 176 valence electrons. The van der Waals surface area contributed by atoms with Crippen LogP contribution in [0.1, 0.15) is 17.2 Å². The first-order chi connectivity index (χ1) is 16.0. The number of para-hydroxylation sites is 1. The molecule has 9 nitrogen and oxygen atoms in total. The van der Waals surface area contributed by atoms with Crippen molar-refractivity contribution in [1.82, 2.24) is 20.4 Å². The lowest BCUT2D eigenvalue weighted by molar-refractivity contribution is -0.139. The predicted molar refractivity (Wildman–Crippen MR) is 122 cm³/mol. The van der Waals surface area contributed by atoms with Crippen molar-refractivity contribution in [3.05, 3.63) is 53.6 Å². The van der Waals surface area contributed by atoms with Gasteiger partial charge in [-0.1, -0.05) is 24.3 Å². The number of hydrogen-bond donors (Lipinski definition) is 2. The van der Waals surface area contributed by atoms with Crippen LogP contribution in [0.5, 0.6) is 17.2 Å². The lowest BCUT2D eigenvalue weighted by atomic mass is 10.0. The first-order valence-corrected chi connectivity index (χ1v) is 11.0. The molecule has 0 radical (unpaired) electrons. The van der Waals surface area contributed by atoms with Crippen molar-refractivity contribution >= 4 is 11.8 Å². The van der Waals surface area contributed by atoms with Crippen LogP contribution in [-0.2, 0) is 16.1 Å². The largest absolute Gasteiger partial charge is 0.496 e. The normalized spacial score (nSPS) is 16.8. The monoisotopic (exact) mass is 454 g/mol. The third-order valence-electron chi connectivity index (χ3n) is 6.05. The van der Waals surface area contributed by atoms with Crippen LogP contribution in [-0.4, -0.2) is 75.3 Å². The van der Waals surface area contributed by atoms with Crippen molar-refractivity contribution in [2.45, 2.75) is 12.6 Å². The average Bonchev–Trinajstić information content (AvgIpc) is 3.32. The maximum atomic E-state index is 12.6. The van der Waals surface area contributed by atoms with Crippen LogP contribution >= 0.6 is 0 Å². The van der Waals surface area contributed by atoms with Crippen molar-refractivity contribution in [3.8, 4) is 17.2 Å². The van der Waals surface area contributed by atoms with E-state index in [9.17, 15) is 9.59 Å². The fraction of sp³-hybridized carbons (Fsp3) is 0.417. The molecule has 1 saturated heterocycles. The lowest BCUT2D eigenvalue weighted by Crippen LogP contribution is -2.49. The van der Waals surface area contributed by atoms with Gasteiger partial charge in [-0.2, -0.15) is 0 Å². The summed E-state index contributed by atoms with van der Waals surface area (Å²) in [4.78, 5) is 29.6. The van der Waals surface area contributed by atoms with Crippen LogP contribution < -0.4 is 24.8 Å². The molecule has 2 aliphatic heterocycles. The number of nitrogens with zero attached hydrogens (tertiary/aromatic N) is 2. The summed E-state index contributed by atoms with van der Waals surface area (Å²) < 4.78 is 16.3. The summed E-state index contributed by atoms with van der Waals surface area (Å²) in [6, 6.07) is 13.1. The zero-order valence-corrected chi connectivity index (χ0v) is 19.0. The topological polar surface area (TPSA) is 92.4 Å². The van der Waals surface area contributed by atoms with Gasteiger partial charge < -0.3 is 29.7 Å². The second kappa shape index (κ2) is 10.5. The fourth-order valence-electron chi connectivity index (χ4n) is 4.09. The summed E-state index contributed by atoms with van der Waals surface area (Å²) in [7, 11) is 3.67. The number of ether oxygens (including phenoxy) is 3. The Morgan fingerprint density at radius 2 is 1.73 bits per heavy atom. The molecule has 0 aromatic heterocycles. The number of likely N-dealkylation sites (N-methyl/N-ethyl adjacent to an activating group) is 1. The molecule has 1 atom stereocenters. The number of hydrogen-bond acceptors (Lipinski definition) is 7. The van der Waals surface area contributed by atoms with Crippen molar-refractivity contribution in [2.75, 3.05) is 53.7 Å². The second-order valence-electron chi connectivity index (χ2n) is 8.17. The van der Waals surface area contributed by atoms with Crippen LogP contribution in [0.25, 0.3) is 0 Å². The Labute approximate surface area is 193 Å². The van der Waals surface area contributed by atoms with Crippen LogP contribution in [0.3, 0.4) is 0 Å². The standard InChI is InChI=1S/C24H30N4O5/c1-27-9-11-28(12-10-27)19(17-7-8-21-22(13-17)33-16-32-21)15-26-24(30)23(29)25-14-18-5-3-4-6-20(18)31-2/h3-8,13,19H,9-12,14-16H2,1-2H3,(H,25,29)(H,26,30)/t19-/m1/s1. The number of rotatable bonds is 7. The SMILES string of the molecule is COc1ccccc1CNC(=O)C(=O)NC[C@H](c1ccc2c(c1)OCO2)N1CCN(C)CC1. The van der Waals surface area contributed by atoms with Crippen LogP contribution in [0.15, 0.2) is 42.5 Å². The third-order valence-corrected chi connectivity index (χ3v) is 6.05. The predicted octanol–water partition coefficient (Wildman–Crippen LogP) is 1.14. The molecule has 4 rings (SSSR count).